The van der Waals surface area contributed by atoms with Crippen molar-refractivity contribution in [2.75, 3.05) is 13.7 Å². The molecule has 4 N–H and O–H groups in total. The van der Waals surface area contributed by atoms with Gasteiger partial charge in [0.05, 0.1) is 11.7 Å². The van der Waals surface area contributed by atoms with Crippen molar-refractivity contribution >= 4 is 26.7 Å². The number of hydrogen-bond donors (Lipinski definition) is 4. The number of aromatic nitrogens is 2. The van der Waals surface area contributed by atoms with Crippen LogP contribution < -0.4 is 5.69 Å². The summed E-state index contributed by atoms with van der Waals surface area (Å²) < 4.78 is 10.9. The summed E-state index contributed by atoms with van der Waals surface area (Å²) in [6.07, 6.45) is 1.55. The predicted molar refractivity (Wildman–Crippen MR) is 80.9 cm³/mol. The minimum absolute atomic E-state index is 0.0606. The number of hydrogen-bond acceptors (Lipinski definition) is 8. The summed E-state index contributed by atoms with van der Waals surface area (Å²) in [5, 5.41) is 0. The highest BCUT2D eigenvalue weighted by molar-refractivity contribution is 7.71. The Hall–Kier alpha value is -1.00. The highest BCUT2D eigenvalue weighted by atomic mass is 32.1. The van der Waals surface area contributed by atoms with E-state index >= 15 is 0 Å². The highest BCUT2D eigenvalue weighted by Crippen LogP contribution is 2.45. The molecular weight excluding hydrogens is 335 g/mol. The standard InChI is InChI=1S/C11H17N2O7PS/c1-7(3-9(19-2)6-20-21(16,17)18)13-4-8(5-14)10(22)12-11(13)15/h4-5,7,9,16-18H,3,6H2,1-2H3/p+1. The molecule has 124 valence electrons. The van der Waals surface area contributed by atoms with Crippen LogP contribution in [0.5, 0.6) is 0 Å². The van der Waals surface area contributed by atoms with Gasteiger partial charge in [-0.3, -0.25) is 14.3 Å². The lowest BCUT2D eigenvalue weighted by atomic mass is 10.1. The summed E-state index contributed by atoms with van der Waals surface area (Å²) in [5.41, 5.74) is -0.301. The summed E-state index contributed by atoms with van der Waals surface area (Å²) in [4.78, 5) is 51.5. The Morgan fingerprint density at radius 2 is 2.14 bits per heavy atom. The Bertz CT molecular complexity index is 624. The van der Waals surface area contributed by atoms with Gasteiger partial charge in [-0.2, -0.15) is 19.2 Å². The van der Waals surface area contributed by atoms with Gasteiger partial charge in [0.1, 0.15) is 11.2 Å². The summed E-state index contributed by atoms with van der Waals surface area (Å²) in [6, 6.07) is -0.393. The second-order valence-electron chi connectivity index (χ2n) is 4.62. The van der Waals surface area contributed by atoms with E-state index in [9.17, 15) is 9.59 Å². The van der Waals surface area contributed by atoms with Crippen LogP contribution in [0.3, 0.4) is 0 Å². The molecule has 22 heavy (non-hydrogen) atoms. The zero-order chi connectivity index (χ0) is 16.9. The molecule has 0 radical (unpaired) electrons. The predicted octanol–water partition coefficient (Wildman–Crippen LogP) is 0.356. The molecule has 1 heterocycles. The van der Waals surface area contributed by atoms with Gasteiger partial charge < -0.3 is 4.74 Å². The van der Waals surface area contributed by atoms with Crippen molar-refractivity contribution in [3.63, 3.8) is 0 Å². The van der Waals surface area contributed by atoms with Crippen LogP contribution in [0, 0.1) is 4.64 Å². The fraction of sp³-hybridized carbons (Fsp3) is 0.545. The normalized spacial score (nSPS) is 14.6. The number of ether oxygens (including phenoxy) is 1. The molecule has 0 bridgehead atoms. The van der Waals surface area contributed by atoms with E-state index in [1.165, 1.54) is 17.9 Å². The lowest BCUT2D eigenvalue weighted by Crippen LogP contribution is -2.30. The maximum Gasteiger partial charge on any atom is 0.567 e. The van der Waals surface area contributed by atoms with Gasteiger partial charge in [0, 0.05) is 19.3 Å². The molecule has 0 aliphatic rings. The van der Waals surface area contributed by atoms with E-state index in [0.29, 0.717) is 6.29 Å². The van der Waals surface area contributed by atoms with E-state index in [1.54, 1.807) is 6.92 Å². The molecule has 0 saturated heterocycles. The first-order valence-corrected chi connectivity index (χ1v) is 8.20. The lowest BCUT2D eigenvalue weighted by molar-refractivity contribution is 0.0250. The molecule has 0 fully saturated rings. The first-order chi connectivity index (χ1) is 10.2. The third-order valence-corrected chi connectivity index (χ3v) is 3.80. The quantitative estimate of drug-likeness (QED) is 0.299. The molecule has 1 aromatic heterocycles. The average Bonchev–Trinajstić information content (AvgIpc) is 2.42. The Labute approximate surface area is 131 Å². The van der Waals surface area contributed by atoms with E-state index in [1.807, 2.05) is 0 Å². The van der Waals surface area contributed by atoms with Crippen molar-refractivity contribution in [3.8, 4) is 0 Å². The van der Waals surface area contributed by atoms with Crippen LogP contribution in [0.1, 0.15) is 29.7 Å². The number of carbonyl (C=O) groups is 1. The summed E-state index contributed by atoms with van der Waals surface area (Å²) in [7, 11) is -2.96. The summed E-state index contributed by atoms with van der Waals surface area (Å²) in [6.45, 7) is 1.44. The zero-order valence-corrected chi connectivity index (χ0v) is 13.7. The molecule has 0 aliphatic carbocycles. The van der Waals surface area contributed by atoms with E-state index in [0.717, 1.165) is 0 Å². The van der Waals surface area contributed by atoms with E-state index in [2.05, 4.69) is 9.51 Å². The van der Waals surface area contributed by atoms with Gasteiger partial charge in [-0.05, 0) is 13.3 Å². The maximum absolute atomic E-state index is 11.9. The van der Waals surface area contributed by atoms with E-state index in [-0.39, 0.29) is 23.2 Å². The maximum atomic E-state index is 11.9. The van der Waals surface area contributed by atoms with Crippen molar-refractivity contribution in [2.45, 2.75) is 25.5 Å². The molecule has 0 spiro atoms. The minimum atomic E-state index is -4.34. The van der Waals surface area contributed by atoms with Gasteiger partial charge in [-0.15, -0.1) is 0 Å². The largest absolute Gasteiger partial charge is 0.567 e. The van der Waals surface area contributed by atoms with Crippen molar-refractivity contribution in [1.29, 1.82) is 0 Å². The fourth-order valence-corrected chi connectivity index (χ4v) is 2.38. The second kappa shape index (κ2) is 8.02. The van der Waals surface area contributed by atoms with Crippen LogP contribution >= 0.6 is 20.4 Å². The topological polar surface area (TPSA) is 134 Å². The number of rotatable bonds is 8. The Kier molecular flexibility index (Phi) is 6.95. The van der Waals surface area contributed by atoms with Gasteiger partial charge in [0.2, 0.25) is 0 Å². The zero-order valence-electron chi connectivity index (χ0n) is 12.0. The van der Waals surface area contributed by atoms with Crippen LogP contribution in [-0.2, 0) is 9.26 Å². The second-order valence-corrected chi connectivity index (χ2v) is 6.31. The van der Waals surface area contributed by atoms with Crippen molar-refractivity contribution in [2.24, 2.45) is 0 Å². The smallest absolute Gasteiger partial charge is 0.379 e. The minimum Gasteiger partial charge on any atom is -0.379 e. The lowest BCUT2D eigenvalue weighted by Gasteiger charge is -2.20. The molecule has 0 aromatic carbocycles. The third-order valence-electron chi connectivity index (χ3n) is 2.97. The molecule has 0 saturated carbocycles. The molecule has 9 nitrogen and oxygen atoms in total. The number of aldehydes is 1. The average molecular weight is 353 g/mol. The van der Waals surface area contributed by atoms with Gasteiger partial charge >= 0.3 is 13.9 Å². The summed E-state index contributed by atoms with van der Waals surface area (Å²) in [5.74, 6) is 0. The highest BCUT2D eigenvalue weighted by Gasteiger charge is 2.34. The number of carbonyl (C=O) groups excluding carboxylic acids is 1. The third kappa shape index (κ3) is 5.65. The Morgan fingerprint density at radius 1 is 1.50 bits per heavy atom. The number of nitrogens with zero attached hydrogens (tertiary/aromatic N) is 1. The molecule has 2 unspecified atom stereocenters. The first kappa shape index (κ1) is 19.0. The fourth-order valence-electron chi connectivity index (χ4n) is 1.82. The molecule has 0 amide bonds. The van der Waals surface area contributed by atoms with Crippen LogP contribution in [0.4, 0.5) is 0 Å². The molecule has 0 aliphatic heterocycles. The van der Waals surface area contributed by atoms with Crippen molar-refractivity contribution < 1.29 is 28.7 Å². The molecule has 2 atom stereocenters. The molecule has 1 aromatic rings. The van der Waals surface area contributed by atoms with Crippen molar-refractivity contribution in [3.05, 3.63) is 26.9 Å². The monoisotopic (exact) mass is 353 g/mol. The van der Waals surface area contributed by atoms with Gasteiger partial charge in [0.25, 0.3) is 0 Å². The van der Waals surface area contributed by atoms with Crippen LogP contribution in [0.2, 0.25) is 0 Å². The van der Waals surface area contributed by atoms with Crippen LogP contribution in [0.15, 0.2) is 11.0 Å². The number of nitrogens with one attached hydrogen (secondary N) is 1. The first-order valence-electron chi connectivity index (χ1n) is 6.23. The number of methoxy groups -OCH3 is 1. The van der Waals surface area contributed by atoms with Gasteiger partial charge in [-0.25, -0.2) is 4.79 Å². The Morgan fingerprint density at radius 3 is 2.64 bits per heavy atom. The van der Waals surface area contributed by atoms with Crippen LogP contribution in [0.25, 0.3) is 0 Å². The van der Waals surface area contributed by atoms with Crippen molar-refractivity contribution in [1.82, 2.24) is 9.55 Å². The molecule has 11 heteroatoms. The van der Waals surface area contributed by atoms with Gasteiger partial charge in [0.15, 0.2) is 6.29 Å². The molecular formula is C11H18N2O7PS+. The Balaban J connectivity index is 2.87. The van der Waals surface area contributed by atoms with Gasteiger partial charge in [-0.1, -0.05) is 12.2 Å². The summed E-state index contributed by atoms with van der Waals surface area (Å²) >= 11 is 4.85. The number of aromatic amines is 1. The van der Waals surface area contributed by atoms with E-state index < -0.39 is 26.0 Å². The number of H-pyrrole nitrogens is 1. The van der Waals surface area contributed by atoms with Crippen LogP contribution in [-0.4, -0.2) is 50.3 Å². The molecule has 1 rings (SSSR count). The van der Waals surface area contributed by atoms with E-state index in [4.69, 9.17) is 31.6 Å². The SMILES string of the molecule is COC(CO[P+](O)(O)O)CC(C)n1cc(C=O)c(=S)[nH]c1=O.